The molecule has 2 aliphatic carbocycles. The Morgan fingerprint density at radius 1 is 0.714 bits per heavy atom. The fourth-order valence-corrected chi connectivity index (χ4v) is 6.56. The number of hydrogen-bond donors (Lipinski definition) is 0. The Hall–Kier alpha value is -2.07. The van der Waals surface area contributed by atoms with E-state index in [2.05, 4.69) is 32.6 Å². The molecule has 0 radical (unpaired) electrons. The highest BCUT2D eigenvalue weighted by atomic mass is 35.5. The summed E-state index contributed by atoms with van der Waals surface area (Å²) in [6.45, 7) is 8.50. The van der Waals surface area contributed by atoms with E-state index in [1.165, 1.54) is 0 Å². The SMILES string of the molecule is CC1(C)CC(=O)C2=C(C1)N(c1ccc(Cl)cc1)C1=C(C(=O)CC(C)(C)C1)C2c1ccc(Cl)cc1Cl. The van der Waals surface area contributed by atoms with Crippen molar-refractivity contribution in [2.75, 3.05) is 4.90 Å². The number of hydrogen-bond acceptors (Lipinski definition) is 3. The molecule has 0 atom stereocenters. The first-order valence-corrected chi connectivity index (χ1v) is 13.0. The van der Waals surface area contributed by atoms with Crippen LogP contribution in [-0.2, 0) is 9.59 Å². The van der Waals surface area contributed by atoms with E-state index < -0.39 is 5.92 Å². The van der Waals surface area contributed by atoms with E-state index in [1.54, 1.807) is 12.1 Å². The number of benzene rings is 2. The lowest BCUT2D eigenvalue weighted by Gasteiger charge is -2.49. The molecule has 2 aromatic rings. The minimum absolute atomic E-state index is 0.0652. The summed E-state index contributed by atoms with van der Waals surface area (Å²) < 4.78 is 0. The van der Waals surface area contributed by atoms with Crippen LogP contribution >= 0.6 is 34.8 Å². The van der Waals surface area contributed by atoms with E-state index in [0.717, 1.165) is 22.6 Å². The van der Waals surface area contributed by atoms with E-state index in [-0.39, 0.29) is 22.4 Å². The van der Waals surface area contributed by atoms with Crippen LogP contribution in [0.3, 0.4) is 0 Å². The van der Waals surface area contributed by atoms with Gasteiger partial charge in [0, 0.05) is 62.1 Å². The zero-order chi connectivity index (χ0) is 25.3. The van der Waals surface area contributed by atoms with Gasteiger partial charge in [0.1, 0.15) is 0 Å². The predicted octanol–water partition coefficient (Wildman–Crippen LogP) is 8.54. The summed E-state index contributed by atoms with van der Waals surface area (Å²) in [5.41, 5.74) is 4.51. The van der Waals surface area contributed by atoms with Gasteiger partial charge in [-0.3, -0.25) is 9.59 Å². The number of nitrogens with zero attached hydrogens (tertiary/aromatic N) is 1. The van der Waals surface area contributed by atoms with Crippen molar-refractivity contribution < 1.29 is 9.59 Å². The first-order valence-electron chi connectivity index (χ1n) is 11.9. The van der Waals surface area contributed by atoms with Gasteiger partial charge in [0.15, 0.2) is 11.6 Å². The molecule has 0 aromatic heterocycles. The van der Waals surface area contributed by atoms with Crippen LogP contribution in [0, 0.1) is 10.8 Å². The average Bonchev–Trinajstić information content (AvgIpc) is 2.72. The number of carbonyl (C=O) groups is 2. The number of Topliss-reactive ketones (excluding diaryl/α,β-unsaturated/α-hetero) is 2. The summed E-state index contributed by atoms with van der Waals surface area (Å²) in [6.07, 6.45) is 2.27. The van der Waals surface area contributed by atoms with E-state index in [4.69, 9.17) is 34.8 Å². The number of ketones is 2. The van der Waals surface area contributed by atoms with Crippen molar-refractivity contribution in [1.29, 1.82) is 0 Å². The Morgan fingerprint density at radius 3 is 1.69 bits per heavy atom. The van der Waals surface area contributed by atoms with E-state index in [9.17, 15) is 9.59 Å². The fraction of sp³-hybridized carbons (Fsp3) is 0.379. The molecule has 6 heteroatoms. The van der Waals surface area contributed by atoms with Gasteiger partial charge in [-0.1, -0.05) is 68.6 Å². The van der Waals surface area contributed by atoms with E-state index in [0.29, 0.717) is 51.9 Å². The van der Waals surface area contributed by atoms with Crippen molar-refractivity contribution in [3.05, 3.63) is 85.6 Å². The smallest absolute Gasteiger partial charge is 0.162 e. The first kappa shape index (κ1) is 24.6. The fourth-order valence-electron chi connectivity index (χ4n) is 5.91. The van der Waals surface area contributed by atoms with E-state index >= 15 is 0 Å². The highest BCUT2D eigenvalue weighted by Gasteiger charge is 2.49. The number of halogens is 3. The molecule has 0 amide bonds. The van der Waals surface area contributed by atoms with Crippen molar-refractivity contribution in [1.82, 2.24) is 0 Å². The third-order valence-electron chi connectivity index (χ3n) is 7.27. The normalized spacial score (nSPS) is 21.9. The highest BCUT2D eigenvalue weighted by molar-refractivity contribution is 6.35. The lowest BCUT2D eigenvalue weighted by atomic mass is 9.63. The molecule has 0 saturated heterocycles. The maximum absolute atomic E-state index is 13.8. The zero-order valence-electron chi connectivity index (χ0n) is 20.3. The molecule has 182 valence electrons. The van der Waals surface area contributed by atoms with Crippen LogP contribution in [-0.4, -0.2) is 11.6 Å². The van der Waals surface area contributed by atoms with E-state index in [1.807, 2.05) is 30.3 Å². The molecule has 0 bridgehead atoms. The molecule has 2 aromatic carbocycles. The molecular weight excluding hydrogens is 501 g/mol. The van der Waals surface area contributed by atoms with Crippen molar-refractivity contribution in [2.24, 2.45) is 10.8 Å². The molecule has 3 nitrogen and oxygen atoms in total. The quantitative estimate of drug-likeness (QED) is 0.392. The maximum Gasteiger partial charge on any atom is 0.162 e. The van der Waals surface area contributed by atoms with Gasteiger partial charge < -0.3 is 4.90 Å². The van der Waals surface area contributed by atoms with Crippen LogP contribution in [0.15, 0.2) is 65.0 Å². The Kier molecular flexibility index (Phi) is 5.98. The first-order chi connectivity index (χ1) is 16.4. The average molecular weight is 529 g/mol. The second-order valence-corrected chi connectivity index (χ2v) is 12.8. The summed E-state index contributed by atoms with van der Waals surface area (Å²) in [5, 5.41) is 1.63. The summed E-state index contributed by atoms with van der Waals surface area (Å²) >= 11 is 19.2. The Morgan fingerprint density at radius 2 is 1.20 bits per heavy atom. The van der Waals surface area contributed by atoms with Crippen LogP contribution in [0.25, 0.3) is 0 Å². The van der Waals surface area contributed by atoms with Gasteiger partial charge >= 0.3 is 0 Å². The van der Waals surface area contributed by atoms with Crippen LogP contribution < -0.4 is 4.90 Å². The van der Waals surface area contributed by atoms with Crippen LogP contribution in [0.2, 0.25) is 15.1 Å². The third-order valence-corrected chi connectivity index (χ3v) is 8.08. The lowest BCUT2D eigenvalue weighted by molar-refractivity contribution is -0.119. The second-order valence-electron chi connectivity index (χ2n) is 11.5. The topological polar surface area (TPSA) is 37.4 Å². The van der Waals surface area contributed by atoms with Crippen LogP contribution in [0.1, 0.15) is 64.9 Å². The zero-order valence-corrected chi connectivity index (χ0v) is 22.6. The summed E-state index contributed by atoms with van der Waals surface area (Å²) in [5.74, 6) is -0.369. The van der Waals surface area contributed by atoms with Gasteiger partial charge in [-0.25, -0.2) is 0 Å². The number of allylic oxidation sites excluding steroid dienone is 4. The molecule has 0 saturated carbocycles. The molecular formula is C29H28Cl3NO2. The largest absolute Gasteiger partial charge is 0.317 e. The predicted molar refractivity (Wildman–Crippen MR) is 143 cm³/mol. The minimum Gasteiger partial charge on any atom is -0.317 e. The summed E-state index contributed by atoms with van der Waals surface area (Å²) in [6, 6.07) is 13.0. The number of anilines is 1. The molecule has 5 rings (SSSR count). The van der Waals surface area contributed by atoms with Gasteiger partial charge in [-0.15, -0.1) is 0 Å². The van der Waals surface area contributed by atoms with Crippen LogP contribution in [0.4, 0.5) is 5.69 Å². The number of carbonyl (C=O) groups excluding carboxylic acids is 2. The molecule has 0 spiro atoms. The standard InChI is InChI=1S/C29H28Cl3NO2/c1-28(2)12-21-26(23(34)14-28)25(19-10-7-17(31)11-20(19)32)27-22(13-29(3,4)15-24(27)35)33(21)18-8-5-16(30)6-9-18/h5-11,25H,12-15H2,1-4H3. The second kappa shape index (κ2) is 8.50. The van der Waals surface area contributed by atoms with Gasteiger partial charge in [0.2, 0.25) is 0 Å². The van der Waals surface area contributed by atoms with Gasteiger partial charge in [-0.05, 0) is 65.6 Å². The molecule has 1 aliphatic heterocycles. The van der Waals surface area contributed by atoms with Gasteiger partial charge in [0.25, 0.3) is 0 Å². The Bertz CT molecular complexity index is 1260. The number of rotatable bonds is 2. The van der Waals surface area contributed by atoms with Crippen molar-refractivity contribution >= 4 is 52.1 Å². The molecule has 0 unspecified atom stereocenters. The molecule has 1 heterocycles. The molecule has 35 heavy (non-hydrogen) atoms. The maximum atomic E-state index is 13.8. The van der Waals surface area contributed by atoms with Gasteiger partial charge in [0.05, 0.1) is 0 Å². The van der Waals surface area contributed by atoms with Crippen LogP contribution in [0.5, 0.6) is 0 Å². The third kappa shape index (κ3) is 4.37. The Labute approximate surface area is 221 Å². The monoisotopic (exact) mass is 527 g/mol. The minimum atomic E-state index is -0.500. The summed E-state index contributed by atoms with van der Waals surface area (Å²) in [4.78, 5) is 29.8. The molecule has 0 N–H and O–H groups in total. The van der Waals surface area contributed by atoms with Gasteiger partial charge in [-0.2, -0.15) is 0 Å². The molecule has 3 aliphatic rings. The van der Waals surface area contributed by atoms with Crippen molar-refractivity contribution in [2.45, 2.75) is 59.3 Å². The summed E-state index contributed by atoms with van der Waals surface area (Å²) in [7, 11) is 0. The van der Waals surface area contributed by atoms with Crippen molar-refractivity contribution in [3.8, 4) is 0 Å². The molecule has 0 fully saturated rings. The highest BCUT2D eigenvalue weighted by Crippen LogP contribution is 2.56. The lowest BCUT2D eigenvalue weighted by Crippen LogP contribution is -2.44. The van der Waals surface area contributed by atoms with Crippen molar-refractivity contribution in [3.63, 3.8) is 0 Å². The Balaban J connectivity index is 1.85.